The van der Waals surface area contributed by atoms with Crippen molar-refractivity contribution in [1.82, 2.24) is 24.8 Å². The lowest BCUT2D eigenvalue weighted by Gasteiger charge is -2.19. The molecule has 0 aromatic carbocycles. The van der Waals surface area contributed by atoms with Crippen LogP contribution in [0.15, 0.2) is 11.1 Å². The second-order valence-electron chi connectivity index (χ2n) is 5.21. The second kappa shape index (κ2) is 7.09. The number of nitrogen functional groups attached to an aromatic ring is 1. The van der Waals surface area contributed by atoms with E-state index in [0.29, 0.717) is 0 Å². The van der Waals surface area contributed by atoms with E-state index in [1.807, 2.05) is 5.25 Å². The predicted octanol–water partition coefficient (Wildman–Crippen LogP) is -1.85. The van der Waals surface area contributed by atoms with E-state index in [-0.39, 0.29) is 23.7 Å². The zero-order valence-electron chi connectivity index (χ0n) is 12.9. The van der Waals surface area contributed by atoms with Crippen LogP contribution in [0, 0.1) is 0 Å². The molecule has 3 rings (SSSR count). The molecule has 1 aliphatic heterocycles. The number of nitrogens with two attached hydrogens (primary N) is 1. The van der Waals surface area contributed by atoms with E-state index in [0.717, 1.165) is 0 Å². The summed E-state index contributed by atoms with van der Waals surface area (Å²) in [7, 11) is -1.32. The molecule has 0 amide bonds. The van der Waals surface area contributed by atoms with Crippen molar-refractivity contribution in [3.8, 4) is 0 Å². The molecule has 1 aliphatic rings. The molecule has 1 saturated heterocycles. The van der Waals surface area contributed by atoms with E-state index in [1.165, 1.54) is 18.0 Å². The molecule has 3 heterocycles. The molecule has 25 heavy (non-hydrogen) atoms. The van der Waals surface area contributed by atoms with Gasteiger partial charge >= 0.3 is 8.18 Å². The highest BCUT2D eigenvalue weighted by atomic mass is 31.1. The standard InChI is InChI=1S/C11H15N6O7P/c1-22-7-6(18)4(2-23-16-25(20)21)24-10(7)17-3-13-5-8(17)14-11(12)15-9(5)19/h3-4,6-7,10,18H,2H2,1H3,(H4-,12,14,15,16,19,20,21)/p+1/t4-,6?,7?,10-/m1/s1. The number of aromatic nitrogens is 4. The molecule has 0 bridgehead atoms. The molecule has 14 heteroatoms. The van der Waals surface area contributed by atoms with Crippen molar-refractivity contribution < 1.29 is 28.9 Å². The fourth-order valence-electron chi connectivity index (χ4n) is 2.64. The normalized spacial score (nSPS) is 27.1. The summed E-state index contributed by atoms with van der Waals surface area (Å²) in [5.74, 6) is -0.0948. The second-order valence-corrected chi connectivity index (χ2v) is 5.93. The summed E-state index contributed by atoms with van der Waals surface area (Å²) in [4.78, 5) is 35.6. The molecule has 3 unspecified atom stereocenters. The number of methoxy groups -OCH3 is 1. The number of fused-ring (bicyclic) bond motifs is 1. The van der Waals surface area contributed by atoms with Gasteiger partial charge in [0.25, 0.3) is 5.56 Å². The van der Waals surface area contributed by atoms with Crippen molar-refractivity contribution in [2.24, 2.45) is 0 Å². The Kier molecular flexibility index (Phi) is 5.06. The fourth-order valence-corrected chi connectivity index (χ4v) is 2.82. The van der Waals surface area contributed by atoms with Gasteiger partial charge in [0.15, 0.2) is 17.4 Å². The van der Waals surface area contributed by atoms with Crippen LogP contribution in [0.25, 0.3) is 11.2 Å². The number of ether oxygens (including phenoxy) is 2. The maximum absolute atomic E-state index is 11.9. The number of rotatable bonds is 6. The lowest BCUT2D eigenvalue weighted by molar-refractivity contribution is -0.0764. The Hall–Kier alpha value is -1.99. The molecule has 2 aromatic heterocycles. The van der Waals surface area contributed by atoms with Gasteiger partial charge in [-0.25, -0.2) is 4.98 Å². The van der Waals surface area contributed by atoms with Crippen molar-refractivity contribution in [2.45, 2.75) is 24.5 Å². The highest BCUT2D eigenvalue weighted by molar-refractivity contribution is 7.35. The molecular formula is C11H16N6O7P+. The molecule has 0 spiro atoms. The minimum absolute atomic E-state index is 0.0563. The smallest absolute Gasteiger partial charge is 0.387 e. The van der Waals surface area contributed by atoms with Crippen molar-refractivity contribution in [1.29, 1.82) is 0 Å². The van der Waals surface area contributed by atoms with Crippen molar-refractivity contribution in [3.63, 3.8) is 0 Å². The van der Waals surface area contributed by atoms with Crippen LogP contribution >= 0.6 is 8.18 Å². The number of aliphatic hydroxyl groups excluding tert-OH is 1. The Morgan fingerprint density at radius 2 is 2.36 bits per heavy atom. The number of nitrogens with zero attached hydrogens (tertiary/aromatic N) is 3. The highest BCUT2D eigenvalue weighted by Gasteiger charge is 2.46. The van der Waals surface area contributed by atoms with Crippen LogP contribution in [0.4, 0.5) is 5.95 Å². The molecule has 1 fully saturated rings. The van der Waals surface area contributed by atoms with Crippen LogP contribution < -0.4 is 16.5 Å². The van der Waals surface area contributed by atoms with Crippen LogP contribution in [0.3, 0.4) is 0 Å². The first-order chi connectivity index (χ1) is 11.9. The van der Waals surface area contributed by atoms with Crippen LogP contribution in [-0.2, 0) is 18.9 Å². The number of aliphatic hydroxyl groups is 1. The number of aromatic amines is 1. The minimum atomic E-state index is -2.70. The van der Waals surface area contributed by atoms with Crippen LogP contribution in [-0.4, -0.2) is 61.5 Å². The van der Waals surface area contributed by atoms with Gasteiger partial charge in [-0.1, -0.05) is 0 Å². The third kappa shape index (κ3) is 3.39. The van der Waals surface area contributed by atoms with Crippen molar-refractivity contribution in [2.75, 3.05) is 19.5 Å². The fraction of sp³-hybridized carbons (Fsp3) is 0.545. The molecule has 0 saturated carbocycles. The van der Waals surface area contributed by atoms with Crippen LogP contribution in [0.5, 0.6) is 0 Å². The Morgan fingerprint density at radius 3 is 3.04 bits per heavy atom. The maximum atomic E-state index is 11.9. The van der Waals surface area contributed by atoms with Crippen molar-refractivity contribution in [3.05, 3.63) is 16.7 Å². The molecule has 6 N–H and O–H groups in total. The summed E-state index contributed by atoms with van der Waals surface area (Å²) in [6.45, 7) is -0.220. The van der Waals surface area contributed by atoms with Gasteiger partial charge in [-0.05, 0) is 4.57 Å². The Balaban J connectivity index is 1.88. The number of nitrogens with one attached hydrogen (secondary N) is 2. The minimum Gasteiger partial charge on any atom is -0.387 e. The monoisotopic (exact) mass is 375 g/mol. The Bertz CT molecular complexity index is 840. The zero-order chi connectivity index (χ0) is 18.1. The number of hydrogen-bond donors (Lipinski definition) is 5. The summed E-state index contributed by atoms with van der Waals surface area (Å²) < 4.78 is 23.0. The average Bonchev–Trinajstić information content (AvgIpc) is 3.08. The summed E-state index contributed by atoms with van der Waals surface area (Å²) >= 11 is 0. The summed E-state index contributed by atoms with van der Waals surface area (Å²) in [6, 6.07) is 0. The molecule has 2 aromatic rings. The summed E-state index contributed by atoms with van der Waals surface area (Å²) in [5, 5.41) is 12.2. The number of H-pyrrole nitrogens is 1. The topological polar surface area (TPSA) is 187 Å². The van der Waals surface area contributed by atoms with Gasteiger partial charge in [0.05, 0.1) is 6.33 Å². The Labute approximate surface area is 140 Å². The predicted molar refractivity (Wildman–Crippen MR) is 82.2 cm³/mol. The highest BCUT2D eigenvalue weighted by Crippen LogP contribution is 2.33. The van der Waals surface area contributed by atoms with Gasteiger partial charge in [-0.2, -0.15) is 4.98 Å². The third-order valence-electron chi connectivity index (χ3n) is 3.70. The summed E-state index contributed by atoms with van der Waals surface area (Å²) in [5.41, 5.74) is 5.27. The lowest BCUT2D eigenvalue weighted by atomic mass is 10.1. The van der Waals surface area contributed by atoms with Crippen LogP contribution in [0.1, 0.15) is 6.23 Å². The first-order valence-electron chi connectivity index (χ1n) is 7.04. The molecule has 0 radical (unpaired) electrons. The summed E-state index contributed by atoms with van der Waals surface area (Å²) in [6.07, 6.45) is -2.34. The zero-order valence-corrected chi connectivity index (χ0v) is 13.8. The molecule has 0 aliphatic carbocycles. The SMILES string of the molecule is COC1C(O)[C@@H](CON[P+](=O)O)O[C@H]1n1cnc2c(=O)[nH]c(N)nc21. The number of anilines is 1. The van der Waals surface area contributed by atoms with E-state index in [2.05, 4.69) is 15.0 Å². The van der Waals surface area contributed by atoms with Gasteiger partial charge in [-0.15, -0.1) is 4.89 Å². The van der Waals surface area contributed by atoms with Crippen molar-refractivity contribution >= 4 is 25.3 Å². The lowest BCUT2D eigenvalue weighted by Crippen LogP contribution is -2.35. The molecule has 5 atom stereocenters. The van der Waals surface area contributed by atoms with E-state index in [9.17, 15) is 14.5 Å². The van der Waals surface area contributed by atoms with Gasteiger partial charge in [0, 0.05) is 12.4 Å². The largest absolute Gasteiger partial charge is 0.636 e. The molecule has 13 nitrogen and oxygen atoms in total. The number of imidazole rings is 1. The van der Waals surface area contributed by atoms with E-state index >= 15 is 0 Å². The maximum Gasteiger partial charge on any atom is 0.636 e. The average molecular weight is 375 g/mol. The van der Waals surface area contributed by atoms with Gasteiger partial charge in [0.1, 0.15) is 24.9 Å². The van der Waals surface area contributed by atoms with Gasteiger partial charge in [-0.3, -0.25) is 19.2 Å². The first-order valence-corrected chi connectivity index (χ1v) is 8.25. The molecule has 136 valence electrons. The van der Waals surface area contributed by atoms with Gasteiger partial charge < -0.3 is 20.3 Å². The number of hydrogen-bond acceptors (Lipinski definition) is 9. The van der Waals surface area contributed by atoms with E-state index < -0.39 is 38.3 Å². The van der Waals surface area contributed by atoms with E-state index in [1.54, 1.807) is 0 Å². The Morgan fingerprint density at radius 1 is 1.60 bits per heavy atom. The third-order valence-corrected chi connectivity index (χ3v) is 3.99. The molecular weight excluding hydrogens is 359 g/mol. The van der Waals surface area contributed by atoms with E-state index in [4.69, 9.17) is 24.9 Å². The van der Waals surface area contributed by atoms with Gasteiger partial charge in [0.2, 0.25) is 5.95 Å². The first kappa shape index (κ1) is 17.8. The van der Waals surface area contributed by atoms with Crippen LogP contribution in [0.2, 0.25) is 0 Å². The quantitative estimate of drug-likeness (QED) is 0.281.